The number of hydroxylamine groups is 1. The quantitative estimate of drug-likeness (QED) is 0.542. The summed E-state index contributed by atoms with van der Waals surface area (Å²) in [7, 11) is -3.75. The normalized spacial score (nSPS) is 29.9. The molecule has 0 aromatic rings. The minimum atomic E-state index is -3.75. The van der Waals surface area contributed by atoms with Gasteiger partial charge in [-0.05, 0) is 18.9 Å². The van der Waals surface area contributed by atoms with Gasteiger partial charge in [-0.15, -0.1) is 0 Å². The van der Waals surface area contributed by atoms with Crippen molar-refractivity contribution in [3.8, 4) is 0 Å². The molecule has 0 spiro atoms. The predicted molar refractivity (Wildman–Crippen MR) is 44.0 cm³/mol. The summed E-state index contributed by atoms with van der Waals surface area (Å²) in [5, 5.41) is 13.3. The molecule has 1 aliphatic carbocycles. The second-order valence-electron chi connectivity index (χ2n) is 2.89. The average Bonchev–Trinajstić information content (AvgIpc) is 2.03. The summed E-state index contributed by atoms with van der Waals surface area (Å²) < 4.78 is 34.6. The van der Waals surface area contributed by atoms with E-state index < -0.39 is 22.2 Å². The third-order valence-corrected chi connectivity index (χ3v) is 3.01. The van der Waals surface area contributed by atoms with E-state index in [1.54, 1.807) is 5.48 Å². The molecular formula is C6H11FN2O3S. The number of alkyl halides is 1. The van der Waals surface area contributed by atoms with Crippen molar-refractivity contribution < 1.29 is 18.0 Å². The predicted octanol–water partition coefficient (Wildman–Crippen LogP) is -0.362. The Morgan fingerprint density at radius 1 is 1.69 bits per heavy atom. The van der Waals surface area contributed by atoms with Crippen LogP contribution in [0, 0.1) is 0 Å². The summed E-state index contributed by atoms with van der Waals surface area (Å²) in [5.74, 6) is 0. The Morgan fingerprint density at radius 3 is 2.77 bits per heavy atom. The van der Waals surface area contributed by atoms with Crippen molar-refractivity contribution in [2.45, 2.75) is 25.1 Å². The van der Waals surface area contributed by atoms with Crippen LogP contribution in [0.5, 0.6) is 0 Å². The molecule has 2 atom stereocenters. The van der Waals surface area contributed by atoms with Crippen LogP contribution in [0.3, 0.4) is 0 Å². The van der Waals surface area contributed by atoms with Crippen molar-refractivity contribution in [1.82, 2.24) is 5.48 Å². The molecule has 4 N–H and O–H groups in total. The summed E-state index contributed by atoms with van der Waals surface area (Å²) >= 11 is 0. The monoisotopic (exact) mass is 210 g/mol. The van der Waals surface area contributed by atoms with E-state index in [4.69, 9.17) is 10.3 Å². The van der Waals surface area contributed by atoms with E-state index in [9.17, 15) is 12.8 Å². The van der Waals surface area contributed by atoms with Crippen LogP contribution in [-0.2, 0) is 10.0 Å². The molecule has 0 bridgehead atoms. The first-order valence-corrected chi connectivity index (χ1v) is 5.27. The number of sulfonamides is 1. The van der Waals surface area contributed by atoms with Crippen molar-refractivity contribution in [2.24, 2.45) is 5.14 Å². The molecule has 0 aromatic carbocycles. The highest BCUT2D eigenvalue weighted by molar-refractivity contribution is 7.93. The van der Waals surface area contributed by atoms with Crippen LogP contribution in [0.2, 0.25) is 0 Å². The summed E-state index contributed by atoms with van der Waals surface area (Å²) in [5.41, 5.74) is 1.68. The molecule has 0 heterocycles. The maximum atomic E-state index is 12.9. The van der Waals surface area contributed by atoms with Gasteiger partial charge in [-0.2, -0.15) is 5.48 Å². The SMILES string of the molecule is NS(=O)(=O)C1=CC(NO)C(F)CC1. The Labute approximate surface area is 75.4 Å². The van der Waals surface area contributed by atoms with Gasteiger partial charge in [-0.3, -0.25) is 0 Å². The molecular weight excluding hydrogens is 199 g/mol. The second kappa shape index (κ2) is 3.70. The highest BCUT2D eigenvalue weighted by atomic mass is 32.2. The third-order valence-electron chi connectivity index (χ3n) is 1.94. The molecule has 13 heavy (non-hydrogen) atoms. The molecule has 0 aliphatic heterocycles. The molecule has 7 heteroatoms. The summed E-state index contributed by atoms with van der Waals surface area (Å²) in [6.07, 6.45) is -0.0576. The van der Waals surface area contributed by atoms with Crippen molar-refractivity contribution in [2.75, 3.05) is 0 Å². The van der Waals surface area contributed by atoms with E-state index in [1.807, 2.05) is 0 Å². The molecule has 0 fully saturated rings. The van der Waals surface area contributed by atoms with Gasteiger partial charge in [-0.1, -0.05) is 0 Å². The Morgan fingerprint density at radius 2 is 2.31 bits per heavy atom. The van der Waals surface area contributed by atoms with E-state index >= 15 is 0 Å². The molecule has 76 valence electrons. The molecule has 1 rings (SSSR count). The van der Waals surface area contributed by atoms with Crippen LogP contribution in [0.25, 0.3) is 0 Å². The first-order valence-electron chi connectivity index (χ1n) is 3.72. The standard InChI is InChI=1S/C6H11FN2O3S/c7-5-2-1-4(13(8,11)12)3-6(5)9-10/h3,5-6,9-10H,1-2H2,(H2,8,11,12). The number of rotatable bonds is 2. The fourth-order valence-corrected chi connectivity index (χ4v) is 1.94. The average molecular weight is 210 g/mol. The Kier molecular flexibility index (Phi) is 3.01. The lowest BCUT2D eigenvalue weighted by atomic mass is 10.0. The number of hydrogen-bond acceptors (Lipinski definition) is 4. The van der Waals surface area contributed by atoms with Crippen molar-refractivity contribution in [1.29, 1.82) is 0 Å². The molecule has 0 saturated carbocycles. The zero-order chi connectivity index (χ0) is 10.1. The molecule has 2 unspecified atom stereocenters. The maximum absolute atomic E-state index is 12.9. The van der Waals surface area contributed by atoms with Gasteiger partial charge in [0.05, 0.1) is 10.9 Å². The van der Waals surface area contributed by atoms with Crippen LogP contribution in [0.4, 0.5) is 4.39 Å². The minimum Gasteiger partial charge on any atom is -0.316 e. The van der Waals surface area contributed by atoms with E-state index in [-0.39, 0.29) is 17.7 Å². The first kappa shape index (κ1) is 10.6. The van der Waals surface area contributed by atoms with Gasteiger partial charge in [0, 0.05) is 0 Å². The number of primary sulfonamides is 1. The molecule has 1 aliphatic rings. The van der Waals surface area contributed by atoms with E-state index in [2.05, 4.69) is 0 Å². The third kappa shape index (κ3) is 2.47. The van der Waals surface area contributed by atoms with Gasteiger partial charge in [0.25, 0.3) is 0 Å². The maximum Gasteiger partial charge on any atom is 0.233 e. The van der Waals surface area contributed by atoms with E-state index in [0.29, 0.717) is 0 Å². The molecule has 0 amide bonds. The smallest absolute Gasteiger partial charge is 0.233 e. The zero-order valence-corrected chi connectivity index (χ0v) is 7.59. The topological polar surface area (TPSA) is 92.4 Å². The molecule has 5 nitrogen and oxygen atoms in total. The lowest BCUT2D eigenvalue weighted by Crippen LogP contribution is -2.37. The van der Waals surface area contributed by atoms with Crippen LogP contribution in [0.15, 0.2) is 11.0 Å². The van der Waals surface area contributed by atoms with Crippen LogP contribution < -0.4 is 10.6 Å². The molecule has 0 saturated heterocycles. The van der Waals surface area contributed by atoms with Gasteiger partial charge in [0.15, 0.2) is 0 Å². The van der Waals surface area contributed by atoms with Crippen molar-refractivity contribution in [3.63, 3.8) is 0 Å². The Bertz CT molecular complexity index is 314. The summed E-state index contributed by atoms with van der Waals surface area (Å²) in [6.45, 7) is 0. The fourth-order valence-electron chi connectivity index (χ4n) is 1.20. The summed E-state index contributed by atoms with van der Waals surface area (Å²) in [6, 6.07) is -0.984. The van der Waals surface area contributed by atoms with Gasteiger partial charge in [0.1, 0.15) is 6.17 Å². The summed E-state index contributed by atoms with van der Waals surface area (Å²) in [4.78, 5) is -0.0343. The molecule has 0 radical (unpaired) electrons. The minimum absolute atomic E-state index is 0.0343. The highest BCUT2D eigenvalue weighted by Gasteiger charge is 2.27. The van der Waals surface area contributed by atoms with Gasteiger partial charge in [0.2, 0.25) is 10.0 Å². The van der Waals surface area contributed by atoms with Gasteiger partial charge >= 0.3 is 0 Å². The highest BCUT2D eigenvalue weighted by Crippen LogP contribution is 2.23. The number of allylic oxidation sites excluding steroid dienone is 1. The number of halogens is 1. The second-order valence-corrected chi connectivity index (χ2v) is 4.50. The fraction of sp³-hybridized carbons (Fsp3) is 0.667. The molecule has 0 aromatic heterocycles. The number of nitrogens with one attached hydrogen (secondary N) is 1. The lowest BCUT2D eigenvalue weighted by molar-refractivity contribution is 0.0953. The van der Waals surface area contributed by atoms with E-state index in [0.717, 1.165) is 6.08 Å². The Hall–Kier alpha value is -0.500. The van der Waals surface area contributed by atoms with Crippen molar-refractivity contribution >= 4 is 10.0 Å². The van der Waals surface area contributed by atoms with E-state index in [1.165, 1.54) is 0 Å². The largest absolute Gasteiger partial charge is 0.316 e. The van der Waals surface area contributed by atoms with Gasteiger partial charge in [-0.25, -0.2) is 17.9 Å². The number of hydrogen-bond donors (Lipinski definition) is 3. The van der Waals surface area contributed by atoms with Crippen LogP contribution in [0.1, 0.15) is 12.8 Å². The van der Waals surface area contributed by atoms with Crippen LogP contribution >= 0.6 is 0 Å². The lowest BCUT2D eigenvalue weighted by Gasteiger charge is -2.22. The number of nitrogens with two attached hydrogens (primary N) is 1. The Balaban J connectivity index is 2.91. The van der Waals surface area contributed by atoms with Gasteiger partial charge < -0.3 is 5.21 Å². The zero-order valence-electron chi connectivity index (χ0n) is 6.77. The van der Waals surface area contributed by atoms with Crippen molar-refractivity contribution in [3.05, 3.63) is 11.0 Å². The first-order chi connectivity index (χ1) is 5.95. The van der Waals surface area contributed by atoms with Crippen LogP contribution in [-0.4, -0.2) is 25.8 Å².